The molecule has 0 fully saturated rings. The Hall–Kier alpha value is -3.56. The number of halogens is 4. The zero-order chi connectivity index (χ0) is 25.4. The van der Waals surface area contributed by atoms with Gasteiger partial charge in [-0.1, -0.05) is 12.0 Å². The molecule has 0 radical (unpaired) electrons. The van der Waals surface area contributed by atoms with Gasteiger partial charge >= 0.3 is 6.18 Å². The Bertz CT molecular complexity index is 1270. The van der Waals surface area contributed by atoms with Crippen LogP contribution in [0.25, 0.3) is 0 Å². The fourth-order valence-corrected chi connectivity index (χ4v) is 3.92. The van der Waals surface area contributed by atoms with Crippen molar-refractivity contribution in [3.05, 3.63) is 63.1 Å². The van der Waals surface area contributed by atoms with Crippen LogP contribution in [-0.2, 0) is 17.4 Å². The van der Waals surface area contributed by atoms with Crippen molar-refractivity contribution < 1.29 is 27.4 Å². The smallest absolute Gasteiger partial charge is 0.416 e. The van der Waals surface area contributed by atoms with Crippen molar-refractivity contribution in [3.8, 4) is 23.8 Å². The first-order valence-corrected chi connectivity index (χ1v) is 11.5. The summed E-state index contributed by atoms with van der Waals surface area (Å²) in [6.07, 6.45) is 2.13. The predicted molar refractivity (Wildman–Crippen MR) is 131 cm³/mol. The minimum Gasteiger partial charge on any atom is -0.493 e. The van der Waals surface area contributed by atoms with Crippen LogP contribution in [0.5, 0.6) is 11.5 Å². The number of hydrogen-bond acceptors (Lipinski definition) is 7. The molecule has 0 atom stereocenters. The van der Waals surface area contributed by atoms with Crippen LogP contribution in [0.15, 0.2) is 51.4 Å². The van der Waals surface area contributed by atoms with Crippen LogP contribution in [-0.4, -0.2) is 30.8 Å². The minimum absolute atomic E-state index is 0.0680. The number of nitrogens with one attached hydrogen (secondary N) is 2. The Balaban J connectivity index is 1.58. The highest BCUT2D eigenvalue weighted by Gasteiger charge is 2.30. The number of rotatable bonds is 9. The van der Waals surface area contributed by atoms with Gasteiger partial charge in [0.2, 0.25) is 5.91 Å². The molecule has 7 nitrogen and oxygen atoms in total. The van der Waals surface area contributed by atoms with Gasteiger partial charge in [0.1, 0.15) is 6.61 Å². The van der Waals surface area contributed by atoms with Crippen molar-refractivity contribution in [2.45, 2.75) is 12.6 Å². The molecule has 0 aliphatic carbocycles. The van der Waals surface area contributed by atoms with E-state index in [1.165, 1.54) is 36.8 Å². The Morgan fingerprint density at radius 2 is 2.11 bits per heavy atom. The number of terminal acetylenes is 1. The maximum Gasteiger partial charge on any atom is 0.416 e. The Morgan fingerprint density at radius 1 is 1.31 bits per heavy atom. The average molecular weight is 567 g/mol. The Morgan fingerprint density at radius 3 is 2.83 bits per heavy atom. The molecule has 1 amide bonds. The largest absolute Gasteiger partial charge is 0.493 e. The third-order valence-corrected chi connectivity index (χ3v) is 5.81. The summed E-state index contributed by atoms with van der Waals surface area (Å²) in [5, 5.41) is 8.75. The van der Waals surface area contributed by atoms with Crippen molar-refractivity contribution in [2.75, 3.05) is 19.0 Å². The first kappa shape index (κ1) is 26.1. The summed E-state index contributed by atoms with van der Waals surface area (Å²) in [5.41, 5.74) is 2.94. The van der Waals surface area contributed by atoms with Crippen molar-refractivity contribution in [1.29, 1.82) is 0 Å². The molecule has 0 saturated carbocycles. The van der Waals surface area contributed by atoms with Gasteiger partial charge in [0, 0.05) is 21.1 Å². The number of hydrogen-bond donors (Lipinski definition) is 2. The zero-order valence-electron chi connectivity index (χ0n) is 18.1. The molecule has 0 saturated heterocycles. The summed E-state index contributed by atoms with van der Waals surface area (Å²) in [7, 11) is 1.48. The number of thiazole rings is 1. The van der Waals surface area contributed by atoms with Crippen molar-refractivity contribution in [1.82, 2.24) is 10.4 Å². The zero-order valence-corrected chi connectivity index (χ0v) is 20.6. The number of aromatic nitrogens is 1. The second-order valence-corrected chi connectivity index (χ2v) is 8.55. The summed E-state index contributed by atoms with van der Waals surface area (Å²) in [6.45, 7) is 0.0834. The molecule has 2 N–H and O–H groups in total. The normalized spacial score (nSPS) is 11.2. The van der Waals surface area contributed by atoms with E-state index in [1.54, 1.807) is 17.5 Å². The lowest BCUT2D eigenvalue weighted by molar-refractivity contribution is -0.137. The van der Waals surface area contributed by atoms with Gasteiger partial charge in [0.05, 0.1) is 31.0 Å². The topological polar surface area (TPSA) is 84.8 Å². The molecule has 0 bridgehead atoms. The minimum atomic E-state index is -4.44. The number of carbonyl (C=O) groups excluding carboxylic acids is 1. The fraction of sp³-hybridized carbons (Fsp3) is 0.174. The number of methoxy groups -OCH3 is 1. The molecular weight excluding hydrogens is 549 g/mol. The van der Waals surface area contributed by atoms with Gasteiger partial charge < -0.3 is 14.8 Å². The number of hydrazone groups is 1. The van der Waals surface area contributed by atoms with E-state index in [0.717, 1.165) is 12.1 Å². The Kier molecular flexibility index (Phi) is 8.73. The average Bonchev–Trinajstić information content (AvgIpc) is 3.24. The third-order valence-electron chi connectivity index (χ3n) is 4.32. The number of benzene rings is 2. The molecule has 1 heterocycles. The highest BCUT2D eigenvalue weighted by Crippen LogP contribution is 2.33. The van der Waals surface area contributed by atoms with E-state index in [1.807, 2.05) is 0 Å². The van der Waals surface area contributed by atoms with E-state index in [0.29, 0.717) is 32.4 Å². The number of anilines is 2. The van der Waals surface area contributed by atoms with Gasteiger partial charge in [-0.25, -0.2) is 10.4 Å². The van der Waals surface area contributed by atoms with Gasteiger partial charge in [-0.15, -0.1) is 17.8 Å². The maximum atomic E-state index is 12.9. The van der Waals surface area contributed by atoms with Crippen LogP contribution in [0.4, 0.5) is 24.0 Å². The van der Waals surface area contributed by atoms with E-state index in [2.05, 4.69) is 42.7 Å². The van der Waals surface area contributed by atoms with Gasteiger partial charge in [-0.2, -0.15) is 18.3 Å². The summed E-state index contributed by atoms with van der Waals surface area (Å²) in [5.74, 6) is 2.85. The van der Waals surface area contributed by atoms with E-state index >= 15 is 0 Å². The van der Waals surface area contributed by atoms with E-state index < -0.39 is 17.6 Å². The third kappa shape index (κ3) is 7.46. The van der Waals surface area contributed by atoms with Crippen LogP contribution in [0.1, 0.15) is 16.8 Å². The molecule has 12 heteroatoms. The molecule has 35 heavy (non-hydrogen) atoms. The van der Waals surface area contributed by atoms with E-state index in [4.69, 9.17) is 15.9 Å². The van der Waals surface area contributed by atoms with Crippen molar-refractivity contribution >= 4 is 50.2 Å². The van der Waals surface area contributed by atoms with Crippen LogP contribution >= 0.6 is 27.3 Å². The summed E-state index contributed by atoms with van der Waals surface area (Å²) in [6, 6.07) is 8.11. The molecule has 0 spiro atoms. The van der Waals surface area contributed by atoms with Gasteiger partial charge in [0.15, 0.2) is 16.6 Å². The van der Waals surface area contributed by atoms with E-state index in [9.17, 15) is 18.0 Å². The summed E-state index contributed by atoms with van der Waals surface area (Å²) >= 11 is 4.57. The number of amides is 1. The molecule has 3 aromatic rings. The number of ether oxygens (including phenoxy) is 2. The quantitative estimate of drug-likeness (QED) is 0.206. The number of alkyl halides is 3. The van der Waals surface area contributed by atoms with Crippen LogP contribution in [0.2, 0.25) is 0 Å². The molecule has 2 aromatic carbocycles. The first-order valence-electron chi connectivity index (χ1n) is 9.84. The first-order chi connectivity index (χ1) is 16.7. The SMILES string of the molecule is C#CCOc1cc(Br)c(/C=N\NC(=O)Cc2csc(Nc3cccc(C(F)(F)F)c3)n2)cc1OC. The second kappa shape index (κ2) is 11.7. The standard InChI is InChI=1S/C23H18BrF3N4O3S/c1-3-7-34-20-11-18(24)14(8-19(20)33-2)12-28-31-21(32)10-17-13-35-22(30-17)29-16-6-4-5-15(9-16)23(25,26)27/h1,4-6,8-9,11-13H,7,10H2,2H3,(H,29,30)(H,31,32)/b28-12-. The molecule has 0 aliphatic rings. The van der Waals surface area contributed by atoms with Crippen LogP contribution in [0.3, 0.4) is 0 Å². The lowest BCUT2D eigenvalue weighted by atomic mass is 10.2. The fourth-order valence-electron chi connectivity index (χ4n) is 2.76. The van der Waals surface area contributed by atoms with Gasteiger partial charge in [0.25, 0.3) is 0 Å². The van der Waals surface area contributed by atoms with Crippen LogP contribution in [0, 0.1) is 12.3 Å². The Labute approximate surface area is 211 Å². The molecule has 3 rings (SSSR count). The number of carbonyl (C=O) groups is 1. The molecular formula is C23H18BrF3N4O3S. The highest BCUT2D eigenvalue weighted by atomic mass is 79.9. The second-order valence-electron chi connectivity index (χ2n) is 6.83. The van der Waals surface area contributed by atoms with E-state index in [-0.39, 0.29) is 18.7 Å². The number of nitrogens with zero attached hydrogens (tertiary/aromatic N) is 2. The predicted octanol–water partition coefficient (Wildman–Crippen LogP) is 5.38. The highest BCUT2D eigenvalue weighted by molar-refractivity contribution is 9.10. The monoisotopic (exact) mass is 566 g/mol. The molecule has 1 aromatic heterocycles. The van der Waals surface area contributed by atoms with Crippen molar-refractivity contribution in [3.63, 3.8) is 0 Å². The molecule has 0 aliphatic heterocycles. The van der Waals surface area contributed by atoms with Crippen molar-refractivity contribution in [2.24, 2.45) is 5.10 Å². The van der Waals surface area contributed by atoms with Gasteiger partial charge in [-0.05, 0) is 46.3 Å². The molecule has 0 unspecified atom stereocenters. The summed E-state index contributed by atoms with van der Waals surface area (Å²) < 4.78 is 50.0. The maximum absolute atomic E-state index is 12.9. The lowest BCUT2D eigenvalue weighted by Crippen LogP contribution is -2.20. The van der Waals surface area contributed by atoms with Gasteiger partial charge in [-0.3, -0.25) is 4.79 Å². The molecule has 182 valence electrons. The lowest BCUT2D eigenvalue weighted by Gasteiger charge is -2.10. The van der Waals surface area contributed by atoms with Crippen LogP contribution < -0.4 is 20.2 Å². The summed E-state index contributed by atoms with van der Waals surface area (Å²) in [4.78, 5) is 16.5.